The summed E-state index contributed by atoms with van der Waals surface area (Å²) in [5.41, 5.74) is 2.29. The number of carboxylic acids is 1. The van der Waals surface area contributed by atoms with Crippen LogP contribution in [0.25, 0.3) is 0 Å². The lowest BCUT2D eigenvalue weighted by molar-refractivity contribution is -0.133. The van der Waals surface area contributed by atoms with E-state index < -0.39 is 22.1 Å². The minimum Gasteiger partial charge on any atom is -0.478 e. The van der Waals surface area contributed by atoms with E-state index in [-0.39, 0.29) is 22.9 Å². The number of aryl methyl sites for hydroxylation is 3. The average Bonchev–Trinajstić information content (AvgIpc) is 2.42. The summed E-state index contributed by atoms with van der Waals surface area (Å²) in [5.74, 6) is -0.995. The number of sulfonamides is 1. The molecule has 0 aliphatic carbocycles. The Labute approximate surface area is 149 Å². The first-order chi connectivity index (χ1) is 11.4. The van der Waals surface area contributed by atoms with Crippen LogP contribution in [0.15, 0.2) is 28.7 Å². The van der Waals surface area contributed by atoms with E-state index in [9.17, 15) is 18.3 Å². The first-order valence-corrected chi connectivity index (χ1v) is 9.62. The fourth-order valence-corrected chi connectivity index (χ4v) is 4.32. The molecule has 7 heteroatoms. The van der Waals surface area contributed by atoms with Gasteiger partial charge in [-0.15, -0.1) is 0 Å². The Kier molecular flexibility index (Phi) is 7.34. The van der Waals surface area contributed by atoms with E-state index in [1.54, 1.807) is 26.0 Å². The van der Waals surface area contributed by atoms with Crippen molar-refractivity contribution in [3.8, 4) is 0 Å². The van der Waals surface area contributed by atoms with Gasteiger partial charge in [-0.2, -0.15) is 0 Å². The van der Waals surface area contributed by atoms with Gasteiger partial charge in [-0.1, -0.05) is 31.5 Å². The number of rotatable bonds is 8. The maximum Gasteiger partial charge on any atom is 0.331 e. The molecule has 0 aromatic heterocycles. The molecule has 0 bridgehead atoms. The molecule has 0 spiro atoms. The van der Waals surface area contributed by atoms with E-state index in [0.717, 1.165) is 5.56 Å². The third kappa shape index (κ3) is 6.26. The standard InChI is InChI=1S/C18H27NO5S/c1-11(2)6-15(18(21)22)9-16(20)10-19-25(23,24)17-13(4)7-12(3)8-14(17)5/h7-9,11,16,19-20H,6,10H2,1-5H3,(H,21,22)/b15-9+/t16-/m1/s1. The van der Waals surface area contributed by atoms with Gasteiger partial charge in [0, 0.05) is 12.1 Å². The van der Waals surface area contributed by atoms with Crippen LogP contribution in [0.4, 0.5) is 0 Å². The van der Waals surface area contributed by atoms with Gasteiger partial charge in [-0.25, -0.2) is 17.9 Å². The number of aliphatic hydroxyl groups is 1. The molecule has 140 valence electrons. The van der Waals surface area contributed by atoms with Gasteiger partial charge in [0.2, 0.25) is 10.0 Å². The van der Waals surface area contributed by atoms with Gasteiger partial charge < -0.3 is 10.2 Å². The van der Waals surface area contributed by atoms with E-state index >= 15 is 0 Å². The van der Waals surface area contributed by atoms with Crippen molar-refractivity contribution in [2.75, 3.05) is 6.54 Å². The molecule has 3 N–H and O–H groups in total. The van der Waals surface area contributed by atoms with Crippen LogP contribution in [0.2, 0.25) is 0 Å². The molecule has 25 heavy (non-hydrogen) atoms. The molecule has 0 saturated heterocycles. The monoisotopic (exact) mass is 369 g/mol. The highest BCUT2D eigenvalue weighted by Gasteiger charge is 2.21. The SMILES string of the molecule is Cc1cc(C)c(S(=O)(=O)NC[C@H](O)/C=C(\CC(C)C)C(=O)O)c(C)c1. The zero-order valence-electron chi connectivity index (χ0n) is 15.3. The van der Waals surface area contributed by atoms with Gasteiger partial charge in [-0.3, -0.25) is 0 Å². The summed E-state index contributed by atoms with van der Waals surface area (Å²) in [6.07, 6.45) is 0.278. The maximum atomic E-state index is 12.5. The van der Waals surface area contributed by atoms with E-state index in [4.69, 9.17) is 5.11 Å². The molecule has 0 heterocycles. The van der Waals surface area contributed by atoms with E-state index in [1.807, 2.05) is 20.8 Å². The van der Waals surface area contributed by atoms with Crippen molar-refractivity contribution < 1.29 is 23.4 Å². The third-order valence-electron chi connectivity index (χ3n) is 3.65. The predicted octanol–water partition coefficient (Wildman–Crippen LogP) is 2.31. The highest BCUT2D eigenvalue weighted by atomic mass is 32.2. The van der Waals surface area contributed by atoms with Crippen molar-refractivity contribution in [1.29, 1.82) is 0 Å². The number of benzene rings is 1. The van der Waals surface area contributed by atoms with Crippen LogP contribution in [-0.4, -0.2) is 37.2 Å². The number of aliphatic carboxylic acids is 1. The molecule has 0 fully saturated rings. The van der Waals surface area contributed by atoms with Gasteiger partial charge >= 0.3 is 5.97 Å². The van der Waals surface area contributed by atoms with Crippen LogP contribution in [-0.2, 0) is 14.8 Å². The molecule has 6 nitrogen and oxygen atoms in total. The van der Waals surface area contributed by atoms with Crippen molar-refractivity contribution >= 4 is 16.0 Å². The summed E-state index contributed by atoms with van der Waals surface area (Å²) < 4.78 is 27.4. The fraction of sp³-hybridized carbons (Fsp3) is 0.500. The quantitative estimate of drug-likeness (QED) is 0.610. The molecule has 0 amide bonds. The number of aliphatic hydroxyl groups excluding tert-OH is 1. The first-order valence-electron chi connectivity index (χ1n) is 8.13. The summed E-state index contributed by atoms with van der Waals surface area (Å²) >= 11 is 0. The van der Waals surface area contributed by atoms with Gasteiger partial charge in [0.25, 0.3) is 0 Å². The number of hydrogen-bond acceptors (Lipinski definition) is 4. The summed E-state index contributed by atoms with van der Waals surface area (Å²) in [6.45, 7) is 8.78. The molecule has 0 unspecified atom stereocenters. The summed E-state index contributed by atoms with van der Waals surface area (Å²) in [6, 6.07) is 3.56. The summed E-state index contributed by atoms with van der Waals surface area (Å²) in [4.78, 5) is 11.4. The second kappa shape index (κ2) is 8.60. The van der Waals surface area contributed by atoms with Crippen molar-refractivity contribution in [3.63, 3.8) is 0 Å². The minimum absolute atomic E-state index is 0.0735. The van der Waals surface area contributed by atoms with E-state index in [1.165, 1.54) is 6.08 Å². The Balaban J connectivity index is 2.94. The largest absolute Gasteiger partial charge is 0.478 e. The molecule has 1 aromatic carbocycles. The zero-order valence-corrected chi connectivity index (χ0v) is 16.1. The normalized spacial score (nSPS) is 14.0. The minimum atomic E-state index is -3.80. The Hall–Kier alpha value is -1.70. The number of hydrogen-bond donors (Lipinski definition) is 3. The molecule has 0 aliphatic heterocycles. The molecular formula is C18H27NO5S. The van der Waals surface area contributed by atoms with E-state index in [0.29, 0.717) is 17.5 Å². The lowest BCUT2D eigenvalue weighted by Crippen LogP contribution is -2.32. The fourth-order valence-electron chi connectivity index (χ4n) is 2.82. The number of carbonyl (C=O) groups is 1. The summed E-state index contributed by atoms with van der Waals surface area (Å²) in [5, 5.41) is 19.2. The van der Waals surface area contributed by atoms with Gasteiger partial charge in [0.05, 0.1) is 11.0 Å². The average molecular weight is 369 g/mol. The topological polar surface area (TPSA) is 104 Å². The van der Waals surface area contributed by atoms with Gasteiger partial charge in [0.15, 0.2) is 0 Å². The molecular weight excluding hydrogens is 342 g/mol. The molecule has 0 aliphatic rings. The first kappa shape index (κ1) is 21.3. The Morgan fingerprint density at radius 3 is 2.16 bits per heavy atom. The van der Waals surface area contributed by atoms with Crippen LogP contribution in [0.5, 0.6) is 0 Å². The Morgan fingerprint density at radius 2 is 1.72 bits per heavy atom. The number of nitrogens with one attached hydrogen (secondary N) is 1. The predicted molar refractivity (Wildman–Crippen MR) is 97.0 cm³/mol. The lowest BCUT2D eigenvalue weighted by atomic mass is 10.0. The van der Waals surface area contributed by atoms with Crippen molar-refractivity contribution in [1.82, 2.24) is 4.72 Å². The van der Waals surface area contributed by atoms with Gasteiger partial charge in [-0.05, 0) is 50.3 Å². The Bertz CT molecular complexity index is 743. The molecule has 1 atom stereocenters. The second-order valence-corrected chi connectivity index (χ2v) is 8.45. The molecule has 0 saturated carbocycles. The van der Waals surface area contributed by atoms with Crippen LogP contribution in [0.1, 0.15) is 37.0 Å². The zero-order chi connectivity index (χ0) is 19.4. The molecule has 1 aromatic rings. The molecule has 1 rings (SSSR count). The maximum absolute atomic E-state index is 12.5. The highest BCUT2D eigenvalue weighted by Crippen LogP contribution is 2.21. The van der Waals surface area contributed by atoms with E-state index in [2.05, 4.69) is 4.72 Å². The van der Waals surface area contributed by atoms with Crippen molar-refractivity contribution in [2.24, 2.45) is 5.92 Å². The molecule has 0 radical (unpaired) electrons. The van der Waals surface area contributed by atoms with Crippen molar-refractivity contribution in [2.45, 2.75) is 52.0 Å². The van der Waals surface area contributed by atoms with Crippen molar-refractivity contribution in [3.05, 3.63) is 40.5 Å². The van der Waals surface area contributed by atoms with Crippen LogP contribution >= 0.6 is 0 Å². The lowest BCUT2D eigenvalue weighted by Gasteiger charge is -2.15. The summed E-state index contributed by atoms with van der Waals surface area (Å²) in [7, 11) is -3.80. The van der Waals surface area contributed by atoms with Crippen LogP contribution in [0, 0.1) is 26.7 Å². The smallest absolute Gasteiger partial charge is 0.331 e. The Morgan fingerprint density at radius 1 is 1.20 bits per heavy atom. The van der Waals surface area contributed by atoms with Gasteiger partial charge in [0.1, 0.15) is 0 Å². The van der Waals surface area contributed by atoms with Crippen LogP contribution < -0.4 is 4.72 Å². The van der Waals surface area contributed by atoms with Crippen LogP contribution in [0.3, 0.4) is 0 Å². The second-order valence-electron chi connectivity index (χ2n) is 6.74. The highest BCUT2D eigenvalue weighted by molar-refractivity contribution is 7.89. The number of carboxylic acid groups (broad SMARTS) is 1. The third-order valence-corrected chi connectivity index (χ3v) is 5.38.